The summed E-state index contributed by atoms with van der Waals surface area (Å²) < 4.78 is 29.3. The lowest BCUT2D eigenvalue weighted by atomic mass is 10.0. The predicted molar refractivity (Wildman–Crippen MR) is 69.6 cm³/mol. The van der Waals surface area contributed by atoms with E-state index in [9.17, 15) is 18.3 Å². The Kier molecular flexibility index (Phi) is 3.51. The molecule has 6 nitrogen and oxygen atoms in total. The van der Waals surface area contributed by atoms with Gasteiger partial charge >= 0.3 is 5.97 Å². The van der Waals surface area contributed by atoms with Crippen LogP contribution in [-0.2, 0) is 27.8 Å². The number of hydrogen-bond donors (Lipinski definition) is 1. The molecule has 0 radical (unpaired) electrons. The summed E-state index contributed by atoms with van der Waals surface area (Å²) in [6, 6.07) is 3.03. The third-order valence-corrected chi connectivity index (χ3v) is 4.32. The Morgan fingerprint density at radius 3 is 2.68 bits per heavy atom. The van der Waals surface area contributed by atoms with Crippen molar-refractivity contribution < 1.29 is 23.1 Å². The van der Waals surface area contributed by atoms with Gasteiger partial charge in [0.05, 0.1) is 31.2 Å². The molecule has 0 amide bonds. The van der Waals surface area contributed by atoms with E-state index in [0.717, 1.165) is 11.8 Å². The molecule has 0 saturated heterocycles. The Morgan fingerprint density at radius 1 is 1.47 bits per heavy atom. The number of nitrogens with zero attached hydrogens (tertiary/aromatic N) is 1. The molecule has 1 aromatic carbocycles. The second kappa shape index (κ2) is 4.82. The molecule has 104 valence electrons. The summed E-state index contributed by atoms with van der Waals surface area (Å²) in [4.78, 5) is 11.6. The van der Waals surface area contributed by atoms with Crippen LogP contribution in [-0.4, -0.2) is 39.4 Å². The topological polar surface area (TPSA) is 83.9 Å². The summed E-state index contributed by atoms with van der Waals surface area (Å²) >= 11 is 0. The number of rotatable bonds is 3. The molecule has 1 aliphatic heterocycles. The van der Waals surface area contributed by atoms with Crippen LogP contribution in [0.1, 0.15) is 21.5 Å². The average Bonchev–Trinajstić information content (AvgIpc) is 2.80. The number of sulfonamides is 1. The number of esters is 1. The van der Waals surface area contributed by atoms with E-state index in [4.69, 9.17) is 0 Å². The highest BCUT2D eigenvalue weighted by Crippen LogP contribution is 2.34. The van der Waals surface area contributed by atoms with Crippen LogP contribution >= 0.6 is 0 Å². The molecule has 0 fully saturated rings. The molecule has 0 unspecified atom stereocenters. The first-order valence-corrected chi connectivity index (χ1v) is 7.56. The lowest BCUT2D eigenvalue weighted by molar-refractivity contribution is 0.0600. The van der Waals surface area contributed by atoms with Gasteiger partial charge < -0.3 is 9.84 Å². The lowest BCUT2D eigenvalue weighted by Crippen LogP contribution is -2.27. The van der Waals surface area contributed by atoms with Gasteiger partial charge in [-0.2, -0.15) is 0 Å². The third kappa shape index (κ3) is 2.43. The monoisotopic (exact) mass is 285 g/mol. The van der Waals surface area contributed by atoms with Crippen molar-refractivity contribution in [2.24, 2.45) is 0 Å². The van der Waals surface area contributed by atoms with Gasteiger partial charge in [0, 0.05) is 6.54 Å². The maximum absolute atomic E-state index is 11.7. The van der Waals surface area contributed by atoms with Crippen molar-refractivity contribution in [3.05, 3.63) is 28.8 Å². The molecule has 0 aromatic heterocycles. The van der Waals surface area contributed by atoms with E-state index < -0.39 is 16.0 Å². The Labute approximate surface area is 111 Å². The molecule has 1 aliphatic rings. The van der Waals surface area contributed by atoms with Crippen LogP contribution in [0.4, 0.5) is 5.69 Å². The quantitative estimate of drug-likeness (QED) is 0.807. The Balaban J connectivity index is 2.61. The number of carbonyl (C=O) groups excluding carboxylic acids is 1. The third-order valence-electron chi connectivity index (χ3n) is 3.14. The second-order valence-corrected chi connectivity index (χ2v) is 6.27. The van der Waals surface area contributed by atoms with Gasteiger partial charge in [0.25, 0.3) is 0 Å². The molecule has 0 spiro atoms. The van der Waals surface area contributed by atoms with Crippen LogP contribution in [0.25, 0.3) is 0 Å². The van der Waals surface area contributed by atoms with Crippen LogP contribution < -0.4 is 4.31 Å². The molecule has 0 bridgehead atoms. The summed E-state index contributed by atoms with van der Waals surface area (Å²) in [5, 5.41) is 9.35. The van der Waals surface area contributed by atoms with E-state index in [-0.39, 0.29) is 12.2 Å². The van der Waals surface area contributed by atoms with Crippen molar-refractivity contribution in [2.75, 3.05) is 24.2 Å². The van der Waals surface area contributed by atoms with Crippen LogP contribution in [0, 0.1) is 0 Å². The number of anilines is 1. The predicted octanol–water partition coefficient (Wildman–Crippen LogP) is 0.288. The zero-order valence-electron chi connectivity index (χ0n) is 10.7. The summed E-state index contributed by atoms with van der Waals surface area (Å²) in [6.45, 7) is 0.0799. The van der Waals surface area contributed by atoms with E-state index in [0.29, 0.717) is 24.2 Å². The zero-order valence-corrected chi connectivity index (χ0v) is 11.5. The van der Waals surface area contributed by atoms with E-state index >= 15 is 0 Å². The number of benzene rings is 1. The molecule has 0 saturated carbocycles. The largest absolute Gasteiger partial charge is 0.465 e. The summed E-state index contributed by atoms with van der Waals surface area (Å²) in [7, 11) is -2.14. The summed E-state index contributed by atoms with van der Waals surface area (Å²) in [5.74, 6) is -0.558. The van der Waals surface area contributed by atoms with Crippen LogP contribution in [0.3, 0.4) is 0 Å². The smallest absolute Gasteiger partial charge is 0.337 e. The van der Waals surface area contributed by atoms with E-state index in [1.165, 1.54) is 23.5 Å². The minimum atomic E-state index is -3.39. The Bertz CT molecular complexity index is 623. The lowest BCUT2D eigenvalue weighted by Gasteiger charge is -2.17. The Morgan fingerprint density at radius 2 is 2.16 bits per heavy atom. The van der Waals surface area contributed by atoms with Gasteiger partial charge in [-0.05, 0) is 29.7 Å². The van der Waals surface area contributed by atoms with Crippen molar-refractivity contribution in [3.63, 3.8) is 0 Å². The fraction of sp³-hybridized carbons (Fsp3) is 0.417. The van der Waals surface area contributed by atoms with Gasteiger partial charge in [-0.15, -0.1) is 0 Å². The van der Waals surface area contributed by atoms with Crippen molar-refractivity contribution in [1.82, 2.24) is 0 Å². The summed E-state index contributed by atoms with van der Waals surface area (Å²) in [6.07, 6.45) is 1.64. The minimum absolute atomic E-state index is 0.237. The molecule has 1 N–H and O–H groups in total. The molecular formula is C12H15NO5S. The van der Waals surface area contributed by atoms with E-state index in [2.05, 4.69) is 4.74 Å². The van der Waals surface area contributed by atoms with Gasteiger partial charge in [0.15, 0.2) is 0 Å². The van der Waals surface area contributed by atoms with Crippen molar-refractivity contribution >= 4 is 21.7 Å². The molecular weight excluding hydrogens is 270 g/mol. The molecule has 0 atom stereocenters. The fourth-order valence-electron chi connectivity index (χ4n) is 2.28. The maximum Gasteiger partial charge on any atom is 0.337 e. The number of ether oxygens (including phenoxy) is 1. The fourth-order valence-corrected chi connectivity index (χ4v) is 3.22. The van der Waals surface area contributed by atoms with Gasteiger partial charge in [-0.25, -0.2) is 13.2 Å². The van der Waals surface area contributed by atoms with Crippen LogP contribution in [0.15, 0.2) is 12.1 Å². The normalized spacial score (nSPS) is 14.4. The molecule has 7 heteroatoms. The standard InChI is InChI=1S/C12H15NO5S/c1-18-12(15)8-5-9(7-14)10-3-4-13(11(10)6-8)19(2,16)17/h5-6,14H,3-4,7H2,1-2H3. The van der Waals surface area contributed by atoms with Crippen molar-refractivity contribution in [2.45, 2.75) is 13.0 Å². The number of methoxy groups -OCH3 is 1. The zero-order chi connectivity index (χ0) is 14.2. The highest BCUT2D eigenvalue weighted by Gasteiger charge is 2.29. The SMILES string of the molecule is COC(=O)c1cc(CO)c2c(c1)N(S(C)(=O)=O)CC2. The number of carbonyl (C=O) groups is 1. The average molecular weight is 285 g/mol. The van der Waals surface area contributed by atoms with E-state index in [1.54, 1.807) is 0 Å². The highest BCUT2D eigenvalue weighted by molar-refractivity contribution is 7.92. The van der Waals surface area contributed by atoms with Gasteiger partial charge in [-0.1, -0.05) is 0 Å². The van der Waals surface area contributed by atoms with Gasteiger partial charge in [0.1, 0.15) is 0 Å². The first-order chi connectivity index (χ1) is 8.88. The molecule has 0 aliphatic carbocycles. The summed E-state index contributed by atoms with van der Waals surface area (Å²) in [5.41, 5.74) is 2.01. The maximum atomic E-state index is 11.7. The first-order valence-electron chi connectivity index (χ1n) is 5.71. The van der Waals surface area contributed by atoms with E-state index in [1.807, 2.05) is 0 Å². The molecule has 1 aromatic rings. The van der Waals surface area contributed by atoms with Gasteiger partial charge in [-0.3, -0.25) is 4.31 Å². The molecule has 2 rings (SSSR count). The number of aliphatic hydroxyl groups is 1. The van der Waals surface area contributed by atoms with Crippen molar-refractivity contribution in [1.29, 1.82) is 0 Å². The molecule has 1 heterocycles. The van der Waals surface area contributed by atoms with Gasteiger partial charge in [0.2, 0.25) is 10.0 Å². The van der Waals surface area contributed by atoms with Crippen LogP contribution in [0.2, 0.25) is 0 Å². The van der Waals surface area contributed by atoms with Crippen LogP contribution in [0.5, 0.6) is 0 Å². The first kappa shape index (κ1) is 13.8. The molecule has 19 heavy (non-hydrogen) atoms. The minimum Gasteiger partial charge on any atom is -0.465 e. The Hall–Kier alpha value is -1.60. The number of aliphatic hydroxyl groups excluding tert-OH is 1. The van der Waals surface area contributed by atoms with Crippen molar-refractivity contribution in [3.8, 4) is 0 Å². The second-order valence-electron chi connectivity index (χ2n) is 4.37. The number of hydrogen-bond acceptors (Lipinski definition) is 5. The number of fused-ring (bicyclic) bond motifs is 1. The highest BCUT2D eigenvalue weighted by atomic mass is 32.2.